The fourth-order valence-corrected chi connectivity index (χ4v) is 1.60. The molecule has 19 heavy (non-hydrogen) atoms. The number of ether oxygens (including phenoxy) is 2. The van der Waals surface area contributed by atoms with Crippen LogP contribution in [0.2, 0.25) is 0 Å². The fourth-order valence-electron chi connectivity index (χ4n) is 1.60. The van der Waals surface area contributed by atoms with Crippen molar-refractivity contribution in [3.05, 3.63) is 17.7 Å². The second kappa shape index (κ2) is 6.87. The summed E-state index contributed by atoms with van der Waals surface area (Å²) in [4.78, 5) is 12.1. The summed E-state index contributed by atoms with van der Waals surface area (Å²) in [5, 5.41) is 2.86. The lowest BCUT2D eigenvalue weighted by molar-refractivity contribution is 0.0948. The second-order valence-electron chi connectivity index (χ2n) is 4.52. The van der Waals surface area contributed by atoms with Gasteiger partial charge in [0.05, 0.1) is 19.8 Å². The van der Waals surface area contributed by atoms with E-state index in [0.717, 1.165) is 6.42 Å². The standard InChI is InChI=1S/C14H22N2O3/c1-5-9(2)8-16-14(17)10-6-12(18-3)13(19-4)7-11(10)15/h6-7,9H,5,8,15H2,1-4H3,(H,16,17). The summed E-state index contributed by atoms with van der Waals surface area (Å²) in [6, 6.07) is 3.19. The molecule has 3 N–H and O–H groups in total. The molecule has 1 atom stereocenters. The Bertz CT molecular complexity index is 447. The third-order valence-corrected chi connectivity index (χ3v) is 3.11. The van der Waals surface area contributed by atoms with Crippen molar-refractivity contribution in [3.8, 4) is 11.5 Å². The summed E-state index contributed by atoms with van der Waals surface area (Å²) in [6.07, 6.45) is 1.02. The molecule has 1 aromatic carbocycles. The van der Waals surface area contributed by atoms with E-state index >= 15 is 0 Å². The molecule has 0 radical (unpaired) electrons. The zero-order valence-electron chi connectivity index (χ0n) is 11.9. The Balaban J connectivity index is 2.90. The Kier molecular flexibility index (Phi) is 5.48. The van der Waals surface area contributed by atoms with E-state index in [-0.39, 0.29) is 5.91 Å². The van der Waals surface area contributed by atoms with E-state index in [1.54, 1.807) is 12.1 Å². The molecule has 1 unspecified atom stereocenters. The lowest BCUT2D eigenvalue weighted by Gasteiger charge is -2.14. The number of carbonyl (C=O) groups excluding carboxylic acids is 1. The zero-order valence-corrected chi connectivity index (χ0v) is 11.9. The van der Waals surface area contributed by atoms with Crippen LogP contribution in [0, 0.1) is 5.92 Å². The average Bonchev–Trinajstić information content (AvgIpc) is 2.43. The van der Waals surface area contributed by atoms with Crippen LogP contribution >= 0.6 is 0 Å². The van der Waals surface area contributed by atoms with Crippen LogP contribution < -0.4 is 20.5 Å². The van der Waals surface area contributed by atoms with Gasteiger partial charge in [-0.05, 0) is 12.0 Å². The number of nitrogens with one attached hydrogen (secondary N) is 1. The molecule has 0 aliphatic rings. The topological polar surface area (TPSA) is 73.6 Å². The van der Waals surface area contributed by atoms with Crippen molar-refractivity contribution in [2.24, 2.45) is 5.92 Å². The predicted molar refractivity (Wildman–Crippen MR) is 75.7 cm³/mol. The van der Waals surface area contributed by atoms with Gasteiger partial charge in [-0.3, -0.25) is 4.79 Å². The van der Waals surface area contributed by atoms with Crippen LogP contribution in [0.15, 0.2) is 12.1 Å². The van der Waals surface area contributed by atoms with Crippen LogP contribution in [-0.2, 0) is 0 Å². The molecule has 0 bridgehead atoms. The molecule has 0 spiro atoms. The maximum atomic E-state index is 12.1. The van der Waals surface area contributed by atoms with Crippen LogP contribution in [0.25, 0.3) is 0 Å². The molecule has 5 nitrogen and oxygen atoms in total. The minimum absolute atomic E-state index is 0.196. The molecule has 1 rings (SSSR count). The minimum atomic E-state index is -0.196. The van der Waals surface area contributed by atoms with Gasteiger partial charge < -0.3 is 20.5 Å². The zero-order chi connectivity index (χ0) is 14.4. The van der Waals surface area contributed by atoms with Crippen molar-refractivity contribution >= 4 is 11.6 Å². The number of hydrogen-bond donors (Lipinski definition) is 2. The molecule has 0 aliphatic heterocycles. The summed E-state index contributed by atoms with van der Waals surface area (Å²) in [5.41, 5.74) is 6.64. The van der Waals surface area contributed by atoms with Gasteiger partial charge in [-0.15, -0.1) is 0 Å². The molecule has 0 saturated heterocycles. The number of methoxy groups -OCH3 is 2. The van der Waals surface area contributed by atoms with Gasteiger partial charge in [0.1, 0.15) is 0 Å². The first-order valence-electron chi connectivity index (χ1n) is 6.33. The smallest absolute Gasteiger partial charge is 0.253 e. The summed E-state index contributed by atoms with van der Waals surface area (Å²) in [7, 11) is 3.05. The Morgan fingerprint density at radius 1 is 1.32 bits per heavy atom. The normalized spacial score (nSPS) is 11.8. The Labute approximate surface area is 114 Å². The third-order valence-electron chi connectivity index (χ3n) is 3.11. The highest BCUT2D eigenvalue weighted by atomic mass is 16.5. The molecule has 0 fully saturated rings. The number of hydrogen-bond acceptors (Lipinski definition) is 4. The van der Waals surface area contributed by atoms with Crippen LogP contribution in [0.3, 0.4) is 0 Å². The number of rotatable bonds is 6. The molecule has 0 heterocycles. The first-order chi connectivity index (χ1) is 9.03. The summed E-state index contributed by atoms with van der Waals surface area (Å²) in [6.45, 7) is 4.79. The maximum absolute atomic E-state index is 12.1. The van der Waals surface area contributed by atoms with Crippen molar-refractivity contribution in [2.75, 3.05) is 26.5 Å². The molecule has 1 amide bonds. The number of benzene rings is 1. The van der Waals surface area contributed by atoms with Crippen LogP contribution in [0.1, 0.15) is 30.6 Å². The molecule has 0 saturated carbocycles. The van der Waals surface area contributed by atoms with Gasteiger partial charge in [-0.25, -0.2) is 0 Å². The minimum Gasteiger partial charge on any atom is -0.493 e. The second-order valence-corrected chi connectivity index (χ2v) is 4.52. The highest BCUT2D eigenvalue weighted by molar-refractivity contribution is 6.00. The van der Waals surface area contributed by atoms with Crippen LogP contribution in [0.5, 0.6) is 11.5 Å². The van der Waals surface area contributed by atoms with Crippen molar-refractivity contribution in [1.29, 1.82) is 0 Å². The average molecular weight is 266 g/mol. The summed E-state index contributed by atoms with van der Waals surface area (Å²) >= 11 is 0. The third kappa shape index (κ3) is 3.77. The molecule has 1 aromatic rings. The Hall–Kier alpha value is -1.91. The van der Waals surface area contributed by atoms with E-state index in [9.17, 15) is 4.79 Å². The van der Waals surface area contributed by atoms with Gasteiger partial charge in [0, 0.05) is 18.3 Å². The number of amides is 1. The molecular formula is C14H22N2O3. The van der Waals surface area contributed by atoms with E-state index in [1.165, 1.54) is 14.2 Å². The van der Waals surface area contributed by atoms with E-state index in [0.29, 0.717) is 35.2 Å². The summed E-state index contributed by atoms with van der Waals surface area (Å²) < 4.78 is 10.3. The van der Waals surface area contributed by atoms with Gasteiger partial charge in [-0.2, -0.15) is 0 Å². The molecule has 5 heteroatoms. The monoisotopic (exact) mass is 266 g/mol. The van der Waals surface area contributed by atoms with Gasteiger partial charge in [0.25, 0.3) is 5.91 Å². The SMILES string of the molecule is CCC(C)CNC(=O)c1cc(OC)c(OC)cc1N. The molecule has 0 aliphatic carbocycles. The quantitative estimate of drug-likeness (QED) is 0.773. The van der Waals surface area contributed by atoms with Crippen LogP contribution in [-0.4, -0.2) is 26.7 Å². The maximum Gasteiger partial charge on any atom is 0.253 e. The lowest BCUT2D eigenvalue weighted by atomic mass is 10.1. The first-order valence-corrected chi connectivity index (χ1v) is 6.33. The Morgan fingerprint density at radius 3 is 2.42 bits per heavy atom. The number of anilines is 1. The molecule has 0 aromatic heterocycles. The van der Waals surface area contributed by atoms with Gasteiger partial charge in [0.15, 0.2) is 11.5 Å². The highest BCUT2D eigenvalue weighted by Gasteiger charge is 2.15. The van der Waals surface area contributed by atoms with E-state index < -0.39 is 0 Å². The fraction of sp³-hybridized carbons (Fsp3) is 0.500. The predicted octanol–water partition coefficient (Wildman–Crippen LogP) is 2.06. The van der Waals surface area contributed by atoms with Crippen molar-refractivity contribution < 1.29 is 14.3 Å². The van der Waals surface area contributed by atoms with Crippen molar-refractivity contribution in [3.63, 3.8) is 0 Å². The number of nitrogen functional groups attached to an aromatic ring is 1. The van der Waals surface area contributed by atoms with E-state index in [1.807, 2.05) is 0 Å². The van der Waals surface area contributed by atoms with Gasteiger partial charge >= 0.3 is 0 Å². The van der Waals surface area contributed by atoms with Crippen LogP contribution in [0.4, 0.5) is 5.69 Å². The van der Waals surface area contributed by atoms with E-state index in [2.05, 4.69) is 19.2 Å². The lowest BCUT2D eigenvalue weighted by Crippen LogP contribution is -2.28. The number of carbonyl (C=O) groups is 1. The first kappa shape index (κ1) is 15.1. The summed E-state index contributed by atoms with van der Waals surface area (Å²) in [5.74, 6) is 1.24. The van der Waals surface area contributed by atoms with Gasteiger partial charge in [-0.1, -0.05) is 20.3 Å². The highest BCUT2D eigenvalue weighted by Crippen LogP contribution is 2.31. The molecule has 106 valence electrons. The van der Waals surface area contributed by atoms with Crippen molar-refractivity contribution in [1.82, 2.24) is 5.32 Å². The van der Waals surface area contributed by atoms with E-state index in [4.69, 9.17) is 15.2 Å². The van der Waals surface area contributed by atoms with Gasteiger partial charge in [0.2, 0.25) is 0 Å². The van der Waals surface area contributed by atoms with Crippen molar-refractivity contribution in [2.45, 2.75) is 20.3 Å². The largest absolute Gasteiger partial charge is 0.493 e. The molecular weight excluding hydrogens is 244 g/mol. The Morgan fingerprint density at radius 2 is 1.89 bits per heavy atom. The number of nitrogens with two attached hydrogens (primary N) is 1.